The van der Waals surface area contributed by atoms with Crippen molar-refractivity contribution in [3.05, 3.63) is 63.6 Å². The molecule has 1 fully saturated rings. The molecule has 2 aromatic carbocycles. The summed E-state index contributed by atoms with van der Waals surface area (Å²) in [5.41, 5.74) is 3.11. The minimum absolute atomic E-state index is 0.117. The number of fused-ring (bicyclic) bond motifs is 1. The van der Waals surface area contributed by atoms with E-state index in [-0.39, 0.29) is 23.6 Å². The number of anilines is 1. The summed E-state index contributed by atoms with van der Waals surface area (Å²) in [6.45, 7) is 2.03. The van der Waals surface area contributed by atoms with Crippen LogP contribution in [0.15, 0.2) is 47.5 Å². The molecule has 0 spiro atoms. The minimum atomic E-state index is -3.05. The van der Waals surface area contributed by atoms with Crippen molar-refractivity contribution in [2.75, 3.05) is 16.4 Å². The van der Waals surface area contributed by atoms with Crippen LogP contribution in [0, 0.1) is 6.92 Å². The number of aliphatic imine (C=N–C) groups is 1. The number of halogens is 2. The molecule has 0 saturated carbocycles. The van der Waals surface area contributed by atoms with Gasteiger partial charge in [-0.3, -0.25) is 4.99 Å². The second-order valence-corrected chi connectivity index (χ2v) is 10.8. The molecule has 2 aliphatic rings. The molecule has 0 unspecified atom stereocenters. The van der Waals surface area contributed by atoms with E-state index in [1.165, 1.54) is 0 Å². The zero-order valence-electron chi connectivity index (χ0n) is 14.6. The maximum Gasteiger partial charge on any atom is 0.164 e. The van der Waals surface area contributed by atoms with Gasteiger partial charge >= 0.3 is 0 Å². The first-order valence-electron chi connectivity index (χ1n) is 8.53. The van der Waals surface area contributed by atoms with E-state index in [0.717, 1.165) is 22.0 Å². The monoisotopic (exact) mass is 440 g/mol. The second-order valence-electron chi connectivity index (χ2n) is 6.85. The van der Waals surface area contributed by atoms with Crippen LogP contribution in [0.5, 0.6) is 0 Å². The first-order valence-corrected chi connectivity index (χ1v) is 12.1. The smallest absolute Gasteiger partial charge is 0.164 e. The average Bonchev–Trinajstić information content (AvgIpc) is 3.06. The van der Waals surface area contributed by atoms with Gasteiger partial charge in [0.1, 0.15) is 0 Å². The highest BCUT2D eigenvalue weighted by molar-refractivity contribution is 8.13. The summed E-state index contributed by atoms with van der Waals surface area (Å²) < 4.78 is 24.2. The van der Waals surface area contributed by atoms with E-state index in [1.807, 2.05) is 43.3 Å². The molecule has 4 rings (SSSR count). The zero-order valence-corrected chi connectivity index (χ0v) is 17.7. The van der Waals surface area contributed by atoms with Crippen molar-refractivity contribution in [2.24, 2.45) is 4.99 Å². The molecule has 0 N–H and O–H groups in total. The van der Waals surface area contributed by atoms with Crippen LogP contribution in [0.1, 0.15) is 11.1 Å². The van der Waals surface area contributed by atoms with Crippen LogP contribution in [-0.4, -0.2) is 37.2 Å². The lowest BCUT2D eigenvalue weighted by molar-refractivity contribution is 0.601. The van der Waals surface area contributed by atoms with Gasteiger partial charge in [0.2, 0.25) is 0 Å². The quantitative estimate of drug-likeness (QED) is 0.700. The Morgan fingerprint density at radius 3 is 2.59 bits per heavy atom. The number of hydrogen-bond acceptors (Lipinski definition) is 5. The van der Waals surface area contributed by atoms with Crippen molar-refractivity contribution < 1.29 is 8.42 Å². The van der Waals surface area contributed by atoms with E-state index in [1.54, 1.807) is 17.8 Å². The van der Waals surface area contributed by atoms with Gasteiger partial charge < -0.3 is 4.90 Å². The highest BCUT2D eigenvalue weighted by atomic mass is 35.5. The van der Waals surface area contributed by atoms with Gasteiger partial charge in [0.15, 0.2) is 15.0 Å². The van der Waals surface area contributed by atoms with Gasteiger partial charge in [-0.25, -0.2) is 8.42 Å². The Balaban J connectivity index is 1.61. The van der Waals surface area contributed by atoms with E-state index in [2.05, 4.69) is 4.90 Å². The van der Waals surface area contributed by atoms with Crippen molar-refractivity contribution in [3.63, 3.8) is 0 Å². The fourth-order valence-corrected chi connectivity index (χ4v) is 6.95. The molecule has 2 heterocycles. The predicted molar refractivity (Wildman–Crippen MR) is 115 cm³/mol. The maximum atomic E-state index is 12.1. The number of aryl methyl sites for hydroxylation is 1. The van der Waals surface area contributed by atoms with Gasteiger partial charge in [-0.15, -0.1) is 0 Å². The Morgan fingerprint density at radius 2 is 1.89 bits per heavy atom. The molecular weight excluding hydrogens is 423 g/mol. The SMILES string of the molecule is Cc1ccc(N2C(SCc3ccc(Cl)cc3Cl)=N[C@@H]3CS(=O)(=O)C[C@H]32)cc1. The molecule has 0 radical (unpaired) electrons. The summed E-state index contributed by atoms with van der Waals surface area (Å²) in [5.74, 6) is 0.899. The lowest BCUT2D eigenvalue weighted by Crippen LogP contribution is -2.39. The van der Waals surface area contributed by atoms with Gasteiger partial charge in [0, 0.05) is 21.5 Å². The second kappa shape index (κ2) is 7.32. The van der Waals surface area contributed by atoms with E-state index < -0.39 is 9.84 Å². The van der Waals surface area contributed by atoms with Crippen molar-refractivity contribution >= 4 is 55.7 Å². The molecule has 1 saturated heterocycles. The lowest BCUT2D eigenvalue weighted by Gasteiger charge is -2.26. The standard InChI is InChI=1S/C19H18Cl2N2O2S2/c1-12-2-6-15(7-3-12)23-18-11-27(24,25)10-17(18)22-19(23)26-9-13-4-5-14(20)8-16(13)21/h2-8,17-18H,9-11H2,1H3/t17-,18-/m1/s1. The zero-order chi connectivity index (χ0) is 19.2. The minimum Gasteiger partial charge on any atom is -0.315 e. The Labute approximate surface area is 173 Å². The number of rotatable bonds is 3. The number of thioether (sulfide) groups is 1. The number of amidine groups is 1. The van der Waals surface area contributed by atoms with Gasteiger partial charge in [-0.2, -0.15) is 0 Å². The first kappa shape index (κ1) is 19.1. The third-order valence-electron chi connectivity index (χ3n) is 4.79. The van der Waals surface area contributed by atoms with Crippen LogP contribution in [0.2, 0.25) is 10.0 Å². The molecule has 8 heteroatoms. The highest BCUT2D eigenvalue weighted by Gasteiger charge is 2.47. The lowest BCUT2D eigenvalue weighted by atomic mass is 10.1. The third kappa shape index (κ3) is 3.99. The van der Waals surface area contributed by atoms with Crippen LogP contribution >= 0.6 is 35.0 Å². The first-order chi connectivity index (χ1) is 12.8. The topological polar surface area (TPSA) is 49.7 Å². The molecule has 4 nitrogen and oxygen atoms in total. The van der Waals surface area contributed by atoms with Crippen molar-refractivity contribution in [1.82, 2.24) is 0 Å². The Hall–Kier alpha value is -1.21. The third-order valence-corrected chi connectivity index (χ3v) is 8.09. The molecule has 2 aliphatic heterocycles. The van der Waals surface area contributed by atoms with Gasteiger partial charge in [0.05, 0.1) is 23.6 Å². The molecule has 0 aliphatic carbocycles. The molecule has 0 amide bonds. The predicted octanol–water partition coefficient (Wildman–Crippen LogP) is 4.58. The van der Waals surface area contributed by atoms with Crippen molar-refractivity contribution in [3.8, 4) is 0 Å². The summed E-state index contributed by atoms with van der Waals surface area (Å²) in [4.78, 5) is 6.82. The van der Waals surface area contributed by atoms with Crippen LogP contribution in [0.25, 0.3) is 0 Å². The number of benzene rings is 2. The van der Waals surface area contributed by atoms with Crippen molar-refractivity contribution in [2.45, 2.75) is 24.8 Å². The van der Waals surface area contributed by atoms with Crippen molar-refractivity contribution in [1.29, 1.82) is 0 Å². The normalized spacial score (nSPS) is 23.4. The Kier molecular flexibility index (Phi) is 5.18. The Bertz CT molecular complexity index is 1010. The molecule has 2 atom stereocenters. The molecular formula is C19H18Cl2N2O2S2. The van der Waals surface area contributed by atoms with E-state index in [4.69, 9.17) is 28.2 Å². The molecule has 0 aromatic heterocycles. The van der Waals surface area contributed by atoms with Crippen LogP contribution in [0.4, 0.5) is 5.69 Å². The fourth-order valence-electron chi connectivity index (χ4n) is 3.42. The molecule has 0 bridgehead atoms. The van der Waals surface area contributed by atoms with E-state index in [9.17, 15) is 8.42 Å². The maximum absolute atomic E-state index is 12.1. The van der Waals surface area contributed by atoms with Crippen LogP contribution in [0.3, 0.4) is 0 Å². The summed E-state index contributed by atoms with van der Waals surface area (Å²) in [6.07, 6.45) is 0. The van der Waals surface area contributed by atoms with Gasteiger partial charge in [-0.1, -0.05) is 58.7 Å². The van der Waals surface area contributed by atoms with E-state index >= 15 is 0 Å². The fraction of sp³-hybridized carbons (Fsp3) is 0.316. The molecule has 27 heavy (non-hydrogen) atoms. The summed E-state index contributed by atoms with van der Waals surface area (Å²) >= 11 is 13.8. The van der Waals surface area contributed by atoms with Crippen LogP contribution in [-0.2, 0) is 15.6 Å². The summed E-state index contributed by atoms with van der Waals surface area (Å²) in [7, 11) is -3.05. The molecule has 2 aromatic rings. The van der Waals surface area contributed by atoms with Gasteiger partial charge in [-0.05, 0) is 36.8 Å². The van der Waals surface area contributed by atoms with Gasteiger partial charge in [0.25, 0.3) is 0 Å². The number of sulfone groups is 1. The highest BCUT2D eigenvalue weighted by Crippen LogP contribution is 2.36. The summed E-state index contributed by atoms with van der Waals surface area (Å²) in [6, 6.07) is 13.2. The largest absolute Gasteiger partial charge is 0.315 e. The Morgan fingerprint density at radius 1 is 1.15 bits per heavy atom. The number of hydrogen-bond donors (Lipinski definition) is 0. The average molecular weight is 441 g/mol. The van der Waals surface area contributed by atoms with E-state index in [0.29, 0.717) is 15.8 Å². The van der Waals surface area contributed by atoms with Crippen LogP contribution < -0.4 is 4.90 Å². The molecule has 142 valence electrons. The number of nitrogens with zero attached hydrogens (tertiary/aromatic N) is 2. The summed E-state index contributed by atoms with van der Waals surface area (Å²) in [5, 5.41) is 2.07.